The van der Waals surface area contributed by atoms with Gasteiger partial charge in [0.05, 0.1) is 5.56 Å². The summed E-state index contributed by atoms with van der Waals surface area (Å²) in [6.07, 6.45) is 0. The van der Waals surface area contributed by atoms with Gasteiger partial charge in [0, 0.05) is 8.95 Å². The number of rotatable bonds is 3. The van der Waals surface area contributed by atoms with Gasteiger partial charge < -0.3 is 4.74 Å². The first-order valence-electron chi connectivity index (χ1n) is 5.41. The topological polar surface area (TPSA) is 26.3 Å². The van der Waals surface area contributed by atoms with Crippen molar-refractivity contribution >= 4 is 37.6 Å². The molecule has 0 N–H and O–H groups in total. The van der Waals surface area contributed by atoms with Crippen LogP contribution in [0.3, 0.4) is 0 Å². The molecule has 0 unspecified atom stereocenters. The smallest absolute Gasteiger partial charge is 0.165 e. The van der Waals surface area contributed by atoms with E-state index in [1.54, 1.807) is 24.3 Å². The molecular formula is C14H9Br2FO2. The Labute approximate surface area is 126 Å². The number of benzene rings is 2. The fourth-order valence-electron chi connectivity index (χ4n) is 1.54. The van der Waals surface area contributed by atoms with E-state index < -0.39 is 5.82 Å². The zero-order valence-corrected chi connectivity index (χ0v) is 13.1. The molecule has 0 heterocycles. The van der Waals surface area contributed by atoms with Crippen LogP contribution in [-0.2, 0) is 0 Å². The lowest BCUT2D eigenvalue weighted by Crippen LogP contribution is -1.98. The van der Waals surface area contributed by atoms with Crippen molar-refractivity contribution in [3.05, 3.63) is 56.7 Å². The van der Waals surface area contributed by atoms with Crippen molar-refractivity contribution in [3.63, 3.8) is 0 Å². The lowest BCUT2D eigenvalue weighted by Gasteiger charge is -2.10. The lowest BCUT2D eigenvalue weighted by molar-refractivity contribution is 0.101. The highest BCUT2D eigenvalue weighted by Gasteiger charge is 2.12. The molecule has 0 atom stereocenters. The second kappa shape index (κ2) is 5.84. The third-order valence-electron chi connectivity index (χ3n) is 2.43. The second-order valence-electron chi connectivity index (χ2n) is 3.87. The van der Waals surface area contributed by atoms with Gasteiger partial charge in [-0.15, -0.1) is 0 Å². The number of hydrogen-bond donors (Lipinski definition) is 0. The average molecular weight is 388 g/mol. The number of hydrogen-bond acceptors (Lipinski definition) is 2. The molecule has 0 spiro atoms. The van der Waals surface area contributed by atoms with Crippen LogP contribution in [0.1, 0.15) is 17.3 Å². The van der Waals surface area contributed by atoms with Crippen LogP contribution < -0.4 is 4.74 Å². The van der Waals surface area contributed by atoms with Gasteiger partial charge in [-0.05, 0) is 43.3 Å². The van der Waals surface area contributed by atoms with E-state index in [9.17, 15) is 9.18 Å². The Bertz CT molecular complexity index is 641. The Morgan fingerprint density at radius 3 is 2.37 bits per heavy atom. The second-order valence-corrected chi connectivity index (χ2v) is 5.70. The molecule has 0 aliphatic rings. The van der Waals surface area contributed by atoms with E-state index in [0.29, 0.717) is 15.8 Å². The van der Waals surface area contributed by atoms with Crippen LogP contribution in [0.2, 0.25) is 0 Å². The maximum absolute atomic E-state index is 13.6. The summed E-state index contributed by atoms with van der Waals surface area (Å²) in [5.41, 5.74) is 0.397. The van der Waals surface area contributed by atoms with E-state index in [2.05, 4.69) is 31.9 Å². The van der Waals surface area contributed by atoms with Crippen molar-refractivity contribution < 1.29 is 13.9 Å². The Hall–Kier alpha value is -1.20. The predicted octanol–water partition coefficient (Wildman–Crippen LogP) is 5.35. The van der Waals surface area contributed by atoms with E-state index in [0.717, 1.165) is 4.47 Å². The number of halogens is 3. The summed E-state index contributed by atoms with van der Waals surface area (Å²) in [4.78, 5) is 11.6. The van der Waals surface area contributed by atoms with Gasteiger partial charge in [0.1, 0.15) is 5.75 Å². The first kappa shape index (κ1) is 14.2. The minimum Gasteiger partial charge on any atom is -0.453 e. The third kappa shape index (κ3) is 3.42. The zero-order chi connectivity index (χ0) is 14.0. The van der Waals surface area contributed by atoms with Gasteiger partial charge in [-0.3, -0.25) is 4.79 Å². The molecule has 0 saturated carbocycles. The molecule has 19 heavy (non-hydrogen) atoms. The van der Waals surface area contributed by atoms with Gasteiger partial charge in [0.25, 0.3) is 0 Å². The van der Waals surface area contributed by atoms with Gasteiger partial charge >= 0.3 is 0 Å². The van der Waals surface area contributed by atoms with Gasteiger partial charge in [-0.1, -0.05) is 31.9 Å². The summed E-state index contributed by atoms with van der Waals surface area (Å²) in [7, 11) is 0. The standard InChI is InChI=1S/C14H9Br2FO2/c1-8(18)11-6-9(15)3-5-13(11)19-14-7-10(16)2-4-12(14)17/h2-7H,1H3. The Morgan fingerprint density at radius 2 is 1.68 bits per heavy atom. The molecule has 0 aliphatic carbocycles. The van der Waals surface area contributed by atoms with Gasteiger partial charge in [0.2, 0.25) is 0 Å². The van der Waals surface area contributed by atoms with Crippen LogP contribution in [0.15, 0.2) is 45.3 Å². The molecule has 0 bridgehead atoms. The van der Waals surface area contributed by atoms with Crippen molar-refractivity contribution in [1.29, 1.82) is 0 Å². The van der Waals surface area contributed by atoms with E-state index in [1.165, 1.54) is 19.1 Å². The summed E-state index contributed by atoms with van der Waals surface area (Å²) in [5, 5.41) is 0. The Kier molecular flexibility index (Phi) is 4.37. The van der Waals surface area contributed by atoms with Crippen molar-refractivity contribution in [1.82, 2.24) is 0 Å². The molecule has 0 aromatic heterocycles. The average Bonchev–Trinajstić information content (AvgIpc) is 2.35. The highest BCUT2D eigenvalue weighted by atomic mass is 79.9. The fraction of sp³-hybridized carbons (Fsp3) is 0.0714. The molecule has 2 aromatic carbocycles. The number of ether oxygens (including phenoxy) is 1. The predicted molar refractivity (Wildman–Crippen MR) is 78.3 cm³/mol. The highest BCUT2D eigenvalue weighted by Crippen LogP contribution is 2.31. The van der Waals surface area contributed by atoms with E-state index in [4.69, 9.17) is 4.74 Å². The van der Waals surface area contributed by atoms with Crippen LogP contribution >= 0.6 is 31.9 Å². The van der Waals surface area contributed by atoms with Crippen LogP contribution in [0.25, 0.3) is 0 Å². The minimum absolute atomic E-state index is 0.0687. The molecule has 5 heteroatoms. The van der Waals surface area contributed by atoms with Crippen LogP contribution in [-0.4, -0.2) is 5.78 Å². The Morgan fingerprint density at radius 1 is 1.05 bits per heavy atom. The number of ketones is 1. The van der Waals surface area contributed by atoms with Gasteiger partial charge in [0.15, 0.2) is 17.3 Å². The van der Waals surface area contributed by atoms with E-state index in [-0.39, 0.29) is 11.5 Å². The van der Waals surface area contributed by atoms with Crippen molar-refractivity contribution in [3.8, 4) is 11.5 Å². The first-order valence-corrected chi connectivity index (χ1v) is 6.99. The van der Waals surface area contributed by atoms with E-state index in [1.807, 2.05) is 0 Å². The lowest BCUT2D eigenvalue weighted by atomic mass is 10.1. The summed E-state index contributed by atoms with van der Waals surface area (Å²) < 4.78 is 20.6. The zero-order valence-electron chi connectivity index (χ0n) is 9.91. The SMILES string of the molecule is CC(=O)c1cc(Br)ccc1Oc1cc(Br)ccc1F. The van der Waals surface area contributed by atoms with Gasteiger partial charge in [-0.25, -0.2) is 4.39 Å². The maximum atomic E-state index is 13.6. The summed E-state index contributed by atoms with van der Waals surface area (Å²) in [6.45, 7) is 1.44. The maximum Gasteiger partial charge on any atom is 0.165 e. The molecule has 0 aliphatic heterocycles. The van der Waals surface area contributed by atoms with Crippen LogP contribution in [0.5, 0.6) is 11.5 Å². The molecule has 0 fully saturated rings. The molecule has 2 aromatic rings. The summed E-state index contributed by atoms with van der Waals surface area (Å²) >= 11 is 6.53. The van der Waals surface area contributed by atoms with Crippen molar-refractivity contribution in [2.75, 3.05) is 0 Å². The molecule has 0 radical (unpaired) electrons. The number of carbonyl (C=O) groups is 1. The van der Waals surface area contributed by atoms with Crippen molar-refractivity contribution in [2.45, 2.75) is 6.92 Å². The fourth-order valence-corrected chi connectivity index (χ4v) is 2.24. The van der Waals surface area contributed by atoms with Crippen molar-refractivity contribution in [2.24, 2.45) is 0 Å². The number of Topliss-reactive ketones (excluding diaryl/α,β-unsaturated/α-hetero) is 1. The molecule has 0 amide bonds. The van der Waals surface area contributed by atoms with Crippen LogP contribution in [0.4, 0.5) is 4.39 Å². The first-order chi connectivity index (χ1) is 8.97. The molecular weight excluding hydrogens is 379 g/mol. The third-order valence-corrected chi connectivity index (χ3v) is 3.42. The molecule has 2 nitrogen and oxygen atoms in total. The molecule has 2 rings (SSSR count). The monoisotopic (exact) mass is 386 g/mol. The Balaban J connectivity index is 2.43. The van der Waals surface area contributed by atoms with E-state index >= 15 is 0 Å². The quantitative estimate of drug-likeness (QED) is 0.664. The molecule has 98 valence electrons. The minimum atomic E-state index is -0.486. The molecule has 0 saturated heterocycles. The summed E-state index contributed by atoms with van der Waals surface area (Å²) in [5.74, 6) is -0.237. The summed E-state index contributed by atoms with van der Waals surface area (Å²) in [6, 6.07) is 9.40. The van der Waals surface area contributed by atoms with Gasteiger partial charge in [-0.2, -0.15) is 0 Å². The highest BCUT2D eigenvalue weighted by molar-refractivity contribution is 9.10. The largest absolute Gasteiger partial charge is 0.453 e. The normalized spacial score (nSPS) is 10.3. The number of carbonyl (C=O) groups excluding carboxylic acids is 1. The van der Waals surface area contributed by atoms with Crippen LogP contribution in [0, 0.1) is 5.82 Å².